The second-order valence-corrected chi connectivity index (χ2v) is 8.50. The van der Waals surface area contributed by atoms with Gasteiger partial charge in [-0.1, -0.05) is 29.8 Å². The molecule has 1 N–H and O–H groups in total. The van der Waals surface area contributed by atoms with E-state index in [4.69, 9.17) is 0 Å². The van der Waals surface area contributed by atoms with Gasteiger partial charge in [-0.15, -0.1) is 11.3 Å². The zero-order valence-electron chi connectivity index (χ0n) is 13.6. The molecule has 24 heavy (non-hydrogen) atoms. The summed E-state index contributed by atoms with van der Waals surface area (Å²) in [4.78, 5) is 27.9. The summed E-state index contributed by atoms with van der Waals surface area (Å²) < 4.78 is 26.4. The average Bonchev–Trinajstić information content (AvgIpc) is 2.85. The average molecular weight is 366 g/mol. The fourth-order valence-electron chi connectivity index (χ4n) is 2.12. The van der Waals surface area contributed by atoms with Crippen molar-refractivity contribution in [3.63, 3.8) is 0 Å². The Balaban J connectivity index is 1.97. The van der Waals surface area contributed by atoms with E-state index in [9.17, 15) is 18.0 Å². The van der Waals surface area contributed by atoms with E-state index >= 15 is 0 Å². The first-order valence-corrected chi connectivity index (χ1v) is 9.58. The third-order valence-electron chi connectivity index (χ3n) is 3.31. The van der Waals surface area contributed by atoms with E-state index in [1.165, 1.54) is 0 Å². The van der Waals surface area contributed by atoms with Crippen molar-refractivity contribution < 1.29 is 18.0 Å². The van der Waals surface area contributed by atoms with Gasteiger partial charge in [0, 0.05) is 18.4 Å². The first kappa shape index (κ1) is 18.3. The minimum absolute atomic E-state index is 0.0261. The minimum atomic E-state index is -3.94. The van der Waals surface area contributed by atoms with Crippen LogP contribution in [-0.2, 0) is 14.8 Å². The van der Waals surface area contributed by atoms with Gasteiger partial charge in [0.1, 0.15) is 0 Å². The second kappa shape index (κ2) is 7.23. The normalized spacial score (nSPS) is 11.3. The number of benzene rings is 1. The first-order valence-electron chi connectivity index (χ1n) is 7.28. The van der Waals surface area contributed by atoms with Crippen LogP contribution in [0.4, 0.5) is 0 Å². The number of carbonyl (C=O) groups is 2. The predicted octanol–water partition coefficient (Wildman–Crippen LogP) is 2.54. The quantitative estimate of drug-likeness (QED) is 0.793. The molecule has 128 valence electrons. The van der Waals surface area contributed by atoms with E-state index in [2.05, 4.69) is 4.98 Å². The summed E-state index contributed by atoms with van der Waals surface area (Å²) in [6.07, 6.45) is -0.242. The van der Waals surface area contributed by atoms with Gasteiger partial charge in [0.25, 0.3) is 10.0 Å². The van der Waals surface area contributed by atoms with Gasteiger partial charge in [0.15, 0.2) is 9.99 Å². The van der Waals surface area contributed by atoms with E-state index in [-0.39, 0.29) is 22.8 Å². The van der Waals surface area contributed by atoms with Gasteiger partial charge in [-0.2, -0.15) is 0 Å². The van der Waals surface area contributed by atoms with Gasteiger partial charge in [0.05, 0.1) is 10.7 Å². The number of hydrogen-bond donors (Lipinski definition) is 1. The molecule has 0 fully saturated rings. The fourth-order valence-corrected chi connectivity index (χ4v) is 4.62. The fraction of sp³-hybridized carbons (Fsp3) is 0.312. The smallest absolute Gasteiger partial charge is 0.275 e. The molecule has 0 spiro atoms. The van der Waals surface area contributed by atoms with E-state index in [0.29, 0.717) is 16.3 Å². The molecule has 0 unspecified atom stereocenters. The molecule has 1 aromatic heterocycles. The van der Waals surface area contributed by atoms with Crippen LogP contribution >= 0.6 is 11.3 Å². The Bertz CT molecular complexity index is 868. The van der Waals surface area contributed by atoms with E-state index < -0.39 is 15.9 Å². The highest BCUT2D eigenvalue weighted by atomic mass is 32.2. The summed E-state index contributed by atoms with van der Waals surface area (Å²) in [5, 5.41) is 0.606. The molecule has 0 radical (unpaired) electrons. The Hall–Kier alpha value is -2.06. The lowest BCUT2D eigenvalue weighted by atomic mass is 10.1. The second-order valence-electron chi connectivity index (χ2n) is 5.42. The van der Waals surface area contributed by atoms with Crippen molar-refractivity contribution in [2.24, 2.45) is 0 Å². The maximum atomic E-state index is 12.2. The topological polar surface area (TPSA) is 93.2 Å². The van der Waals surface area contributed by atoms with Crippen LogP contribution in [0.3, 0.4) is 0 Å². The monoisotopic (exact) mass is 366 g/mol. The molecule has 6 nitrogen and oxygen atoms in total. The molecule has 2 rings (SSSR count). The molecule has 1 aromatic carbocycles. The minimum Gasteiger partial charge on any atom is -0.294 e. The van der Waals surface area contributed by atoms with Gasteiger partial charge in [0.2, 0.25) is 5.91 Å². The van der Waals surface area contributed by atoms with Crippen molar-refractivity contribution in [1.29, 1.82) is 0 Å². The number of nitrogens with one attached hydrogen (secondary N) is 1. The lowest BCUT2D eigenvalue weighted by Gasteiger charge is -2.05. The molecular weight excluding hydrogens is 348 g/mol. The molecule has 0 saturated carbocycles. The van der Waals surface area contributed by atoms with Crippen molar-refractivity contribution in [1.82, 2.24) is 9.71 Å². The van der Waals surface area contributed by atoms with Crippen LogP contribution in [0.2, 0.25) is 0 Å². The van der Waals surface area contributed by atoms with Crippen LogP contribution in [0.15, 0.2) is 28.5 Å². The number of hydrogen-bond acceptors (Lipinski definition) is 6. The zero-order chi connectivity index (χ0) is 17.9. The zero-order valence-corrected chi connectivity index (χ0v) is 15.3. The van der Waals surface area contributed by atoms with Gasteiger partial charge < -0.3 is 0 Å². The highest BCUT2D eigenvalue weighted by molar-refractivity contribution is 7.92. The molecule has 0 saturated heterocycles. The Morgan fingerprint density at radius 1 is 1.08 bits per heavy atom. The first-order chi connectivity index (χ1) is 11.2. The lowest BCUT2D eigenvalue weighted by molar-refractivity contribution is -0.119. The number of carbonyl (C=O) groups excluding carboxylic acids is 2. The summed E-state index contributed by atoms with van der Waals surface area (Å²) >= 11 is 1.01. The van der Waals surface area contributed by atoms with E-state index in [1.54, 1.807) is 26.0 Å². The van der Waals surface area contributed by atoms with Gasteiger partial charge >= 0.3 is 0 Å². The third-order valence-corrected chi connectivity index (χ3v) is 6.36. The number of ketones is 1. The van der Waals surface area contributed by atoms with Gasteiger partial charge in [-0.25, -0.2) is 18.1 Å². The third kappa shape index (κ3) is 4.48. The van der Waals surface area contributed by atoms with Crippen LogP contribution in [0.1, 0.15) is 39.5 Å². The molecule has 0 aliphatic carbocycles. The van der Waals surface area contributed by atoms with Crippen LogP contribution in [-0.4, -0.2) is 25.1 Å². The summed E-state index contributed by atoms with van der Waals surface area (Å²) in [5.41, 5.74) is 1.89. The predicted molar refractivity (Wildman–Crippen MR) is 91.7 cm³/mol. The molecule has 0 aliphatic rings. The van der Waals surface area contributed by atoms with Crippen LogP contribution < -0.4 is 4.72 Å². The number of amides is 1. The van der Waals surface area contributed by atoms with Crippen molar-refractivity contribution in [2.45, 2.75) is 37.8 Å². The maximum Gasteiger partial charge on any atom is 0.275 e. The highest BCUT2D eigenvalue weighted by Gasteiger charge is 2.23. The number of sulfonamides is 1. The largest absolute Gasteiger partial charge is 0.294 e. The number of thiazole rings is 1. The molecule has 0 atom stereocenters. The summed E-state index contributed by atoms with van der Waals surface area (Å²) in [6, 6.07) is 7.00. The Labute approximate surface area is 145 Å². The maximum absolute atomic E-state index is 12.2. The molecule has 0 bridgehead atoms. The van der Waals surface area contributed by atoms with E-state index in [1.807, 2.05) is 23.8 Å². The number of rotatable bonds is 6. The van der Waals surface area contributed by atoms with Crippen molar-refractivity contribution in [3.05, 3.63) is 46.1 Å². The molecule has 2 aromatic rings. The number of aromatic nitrogens is 1. The number of aryl methyl sites for hydroxylation is 3. The lowest BCUT2D eigenvalue weighted by Crippen LogP contribution is -2.30. The SMILES string of the molecule is Cc1ccc(C(=O)CCC(=O)NS(=O)(=O)c2sc(C)nc2C)cc1. The van der Waals surface area contributed by atoms with Crippen molar-refractivity contribution >= 4 is 33.1 Å². The van der Waals surface area contributed by atoms with E-state index in [0.717, 1.165) is 16.9 Å². The number of nitrogens with zero attached hydrogens (tertiary/aromatic N) is 1. The molecule has 1 heterocycles. The van der Waals surface area contributed by atoms with Crippen molar-refractivity contribution in [2.75, 3.05) is 0 Å². The van der Waals surface area contributed by atoms with Crippen LogP contribution in [0, 0.1) is 20.8 Å². The van der Waals surface area contributed by atoms with Gasteiger partial charge in [-0.05, 0) is 20.8 Å². The molecule has 0 aliphatic heterocycles. The Morgan fingerprint density at radius 2 is 1.71 bits per heavy atom. The summed E-state index contributed by atoms with van der Waals surface area (Å²) in [6.45, 7) is 5.18. The molecule has 1 amide bonds. The number of Topliss-reactive ketones (excluding diaryl/α,β-unsaturated/α-hetero) is 1. The highest BCUT2D eigenvalue weighted by Crippen LogP contribution is 2.22. The van der Waals surface area contributed by atoms with Gasteiger partial charge in [-0.3, -0.25) is 9.59 Å². The molecular formula is C16H18N2O4S2. The standard InChI is InChI=1S/C16H18N2O4S2/c1-10-4-6-13(7-5-10)14(19)8-9-15(20)18-24(21,22)16-11(2)17-12(3)23-16/h4-7H,8-9H2,1-3H3,(H,18,20). The Morgan fingerprint density at radius 3 is 2.25 bits per heavy atom. The van der Waals surface area contributed by atoms with Crippen LogP contribution in [0.5, 0.6) is 0 Å². The van der Waals surface area contributed by atoms with Crippen LogP contribution in [0.25, 0.3) is 0 Å². The molecule has 8 heteroatoms. The van der Waals surface area contributed by atoms with Crippen molar-refractivity contribution in [3.8, 4) is 0 Å². The summed E-state index contributed by atoms with van der Waals surface area (Å²) in [5.74, 6) is -0.909. The summed E-state index contributed by atoms with van der Waals surface area (Å²) in [7, 11) is -3.94. The Kier molecular flexibility index (Phi) is 5.51.